The molecule has 2 aromatic carbocycles. The van der Waals surface area contributed by atoms with Crippen molar-refractivity contribution < 1.29 is 14.3 Å². The minimum atomic E-state index is -0.674. The molecule has 0 aromatic heterocycles. The van der Waals surface area contributed by atoms with Gasteiger partial charge in [0.1, 0.15) is 11.8 Å². The van der Waals surface area contributed by atoms with Crippen LogP contribution in [0.15, 0.2) is 34.8 Å². The van der Waals surface area contributed by atoms with Crippen molar-refractivity contribution in [3.63, 3.8) is 0 Å². The molecule has 0 aliphatic carbocycles. The van der Waals surface area contributed by atoms with Gasteiger partial charge in [0, 0.05) is 33.7 Å². The highest BCUT2D eigenvalue weighted by atomic mass is 79.9. The molecule has 0 aliphatic rings. The molecule has 2 rings (SSSR count). The van der Waals surface area contributed by atoms with E-state index in [0.717, 1.165) is 15.6 Å². The maximum absolute atomic E-state index is 13.1. The van der Waals surface area contributed by atoms with Crippen LogP contribution in [0.5, 0.6) is 5.75 Å². The van der Waals surface area contributed by atoms with E-state index in [1.807, 2.05) is 32.9 Å². The van der Waals surface area contributed by atoms with Crippen molar-refractivity contribution in [2.75, 3.05) is 13.7 Å². The molecule has 5 nitrogen and oxygen atoms in total. The highest BCUT2D eigenvalue weighted by molar-refractivity contribution is 9.10. The standard InChI is InChI=1S/C22H25BrCl2N2O3/c1-5-19(22(29)26-4)27(11-16-17(24)7-6-8-18(16)25)20(28)12-30-15-9-13(2)21(23)14(3)10-15/h6-10,19H,5,11-12H2,1-4H3,(H,26,29)/t19-/m0/s1. The number of hydrogen-bond donors (Lipinski definition) is 1. The Labute approximate surface area is 195 Å². The van der Waals surface area contributed by atoms with Gasteiger partial charge in [-0.2, -0.15) is 0 Å². The van der Waals surface area contributed by atoms with Crippen LogP contribution in [0.3, 0.4) is 0 Å². The summed E-state index contributed by atoms with van der Waals surface area (Å²) >= 11 is 16.1. The third kappa shape index (κ3) is 5.90. The van der Waals surface area contributed by atoms with Gasteiger partial charge < -0.3 is 15.0 Å². The SMILES string of the molecule is CC[C@@H](C(=O)NC)N(Cc1c(Cl)cccc1Cl)C(=O)COc1cc(C)c(Br)c(C)c1. The Balaban J connectivity index is 2.29. The van der Waals surface area contributed by atoms with Gasteiger partial charge in [-0.1, -0.05) is 52.1 Å². The number of carbonyl (C=O) groups is 2. The second-order valence-corrected chi connectivity index (χ2v) is 8.53. The Hall–Kier alpha value is -1.76. The third-order valence-electron chi connectivity index (χ3n) is 4.79. The van der Waals surface area contributed by atoms with Crippen molar-refractivity contribution in [1.82, 2.24) is 10.2 Å². The monoisotopic (exact) mass is 514 g/mol. The number of aryl methyl sites for hydroxylation is 2. The van der Waals surface area contributed by atoms with Crippen LogP contribution in [-0.2, 0) is 16.1 Å². The van der Waals surface area contributed by atoms with Gasteiger partial charge in [0.05, 0.1) is 0 Å². The Morgan fingerprint density at radius 2 is 1.73 bits per heavy atom. The Bertz CT molecular complexity index is 893. The van der Waals surface area contributed by atoms with Gasteiger partial charge in [0.2, 0.25) is 5.91 Å². The van der Waals surface area contributed by atoms with Gasteiger partial charge in [-0.25, -0.2) is 0 Å². The van der Waals surface area contributed by atoms with Gasteiger partial charge in [-0.15, -0.1) is 0 Å². The predicted molar refractivity (Wildman–Crippen MR) is 124 cm³/mol. The molecule has 0 unspecified atom stereocenters. The van der Waals surface area contributed by atoms with Crippen LogP contribution in [-0.4, -0.2) is 36.4 Å². The number of nitrogens with one attached hydrogen (secondary N) is 1. The number of rotatable bonds is 8. The lowest BCUT2D eigenvalue weighted by Gasteiger charge is -2.30. The fourth-order valence-electron chi connectivity index (χ4n) is 3.16. The molecule has 2 aromatic rings. The summed E-state index contributed by atoms with van der Waals surface area (Å²) in [6.45, 7) is 5.64. The van der Waals surface area contributed by atoms with Gasteiger partial charge >= 0.3 is 0 Å². The summed E-state index contributed by atoms with van der Waals surface area (Å²) in [5, 5.41) is 3.49. The number of carbonyl (C=O) groups excluding carboxylic acids is 2. The summed E-state index contributed by atoms with van der Waals surface area (Å²) in [6.07, 6.45) is 0.435. The molecule has 2 amide bonds. The highest BCUT2D eigenvalue weighted by Crippen LogP contribution is 2.28. The van der Waals surface area contributed by atoms with E-state index < -0.39 is 6.04 Å². The quantitative estimate of drug-likeness (QED) is 0.518. The maximum atomic E-state index is 13.1. The van der Waals surface area contributed by atoms with Crippen molar-refractivity contribution in [1.29, 1.82) is 0 Å². The first-order valence-corrected chi connectivity index (χ1v) is 11.1. The number of ether oxygens (including phenoxy) is 1. The van der Waals surface area contributed by atoms with Crippen LogP contribution >= 0.6 is 39.1 Å². The van der Waals surface area contributed by atoms with Crippen molar-refractivity contribution in [2.24, 2.45) is 0 Å². The van der Waals surface area contributed by atoms with Crippen LogP contribution in [0.4, 0.5) is 0 Å². The summed E-state index contributed by atoms with van der Waals surface area (Å²) in [5.41, 5.74) is 2.61. The van der Waals surface area contributed by atoms with Gasteiger partial charge in [-0.05, 0) is 55.7 Å². The zero-order valence-electron chi connectivity index (χ0n) is 17.4. The Kier molecular flexibility index (Phi) is 9.01. The van der Waals surface area contributed by atoms with E-state index in [9.17, 15) is 9.59 Å². The van der Waals surface area contributed by atoms with Crippen LogP contribution in [0.25, 0.3) is 0 Å². The molecule has 0 aliphatic heterocycles. The van der Waals surface area contributed by atoms with Crippen LogP contribution in [0, 0.1) is 13.8 Å². The van der Waals surface area contributed by atoms with Crippen LogP contribution < -0.4 is 10.1 Å². The highest BCUT2D eigenvalue weighted by Gasteiger charge is 2.29. The number of hydrogen-bond acceptors (Lipinski definition) is 3. The fourth-order valence-corrected chi connectivity index (χ4v) is 3.90. The second-order valence-electron chi connectivity index (χ2n) is 6.92. The molecule has 0 fully saturated rings. The summed E-state index contributed by atoms with van der Waals surface area (Å²) in [5.74, 6) is -0.00529. The summed E-state index contributed by atoms with van der Waals surface area (Å²) < 4.78 is 6.76. The molecule has 8 heteroatoms. The number of amides is 2. The molecular formula is C22H25BrCl2N2O3. The lowest BCUT2D eigenvalue weighted by atomic mass is 10.1. The largest absolute Gasteiger partial charge is 0.484 e. The number of halogens is 3. The first-order chi connectivity index (χ1) is 14.2. The molecule has 1 atom stereocenters. The summed E-state index contributed by atoms with van der Waals surface area (Å²) in [7, 11) is 1.54. The smallest absolute Gasteiger partial charge is 0.261 e. The van der Waals surface area contributed by atoms with E-state index in [1.165, 1.54) is 4.90 Å². The number of benzene rings is 2. The minimum Gasteiger partial charge on any atom is -0.484 e. The maximum Gasteiger partial charge on any atom is 0.261 e. The van der Waals surface area contributed by atoms with E-state index in [4.69, 9.17) is 27.9 Å². The fraction of sp³-hybridized carbons (Fsp3) is 0.364. The molecule has 0 saturated heterocycles. The summed E-state index contributed by atoms with van der Waals surface area (Å²) in [6, 6.07) is 8.18. The average Bonchev–Trinajstić information content (AvgIpc) is 2.71. The van der Waals surface area contributed by atoms with Crippen LogP contribution in [0.1, 0.15) is 30.0 Å². The molecular weight excluding hydrogens is 491 g/mol. The van der Waals surface area contributed by atoms with Crippen molar-refractivity contribution >= 4 is 50.9 Å². The Morgan fingerprint density at radius 3 is 2.23 bits per heavy atom. The molecule has 0 heterocycles. The predicted octanol–water partition coefficient (Wildman–Crippen LogP) is 5.30. The van der Waals surface area contributed by atoms with Crippen molar-refractivity contribution in [3.05, 3.63) is 61.5 Å². The van der Waals surface area contributed by atoms with Gasteiger partial charge in [-0.3, -0.25) is 9.59 Å². The number of likely N-dealkylation sites (N-methyl/N-ethyl adjacent to an activating group) is 1. The van der Waals surface area contributed by atoms with Crippen LogP contribution in [0.2, 0.25) is 10.0 Å². The van der Waals surface area contributed by atoms with E-state index in [2.05, 4.69) is 21.2 Å². The van der Waals surface area contributed by atoms with E-state index in [1.54, 1.807) is 25.2 Å². The molecule has 0 bridgehead atoms. The molecule has 30 heavy (non-hydrogen) atoms. The average molecular weight is 516 g/mol. The minimum absolute atomic E-state index is 0.102. The number of nitrogens with zero attached hydrogens (tertiary/aromatic N) is 1. The van der Waals surface area contributed by atoms with E-state index >= 15 is 0 Å². The van der Waals surface area contributed by atoms with Gasteiger partial charge in [0.25, 0.3) is 5.91 Å². The first kappa shape index (κ1) is 24.5. The molecule has 1 N–H and O–H groups in total. The normalized spacial score (nSPS) is 11.7. The van der Waals surface area contributed by atoms with Gasteiger partial charge in [0.15, 0.2) is 6.61 Å². The molecule has 0 spiro atoms. The zero-order valence-corrected chi connectivity index (χ0v) is 20.5. The first-order valence-electron chi connectivity index (χ1n) is 9.53. The third-order valence-corrected chi connectivity index (χ3v) is 6.75. The molecule has 0 saturated carbocycles. The lowest BCUT2D eigenvalue weighted by Crippen LogP contribution is -2.49. The lowest BCUT2D eigenvalue weighted by molar-refractivity contribution is -0.142. The second kappa shape index (κ2) is 11.0. The van der Waals surface area contributed by atoms with Crippen molar-refractivity contribution in [2.45, 2.75) is 39.8 Å². The zero-order chi connectivity index (χ0) is 22.4. The molecule has 162 valence electrons. The summed E-state index contributed by atoms with van der Waals surface area (Å²) in [4.78, 5) is 27.0. The molecule has 0 radical (unpaired) electrons. The van der Waals surface area contributed by atoms with E-state index in [-0.39, 0.29) is 25.0 Å². The topological polar surface area (TPSA) is 58.6 Å². The van der Waals surface area contributed by atoms with E-state index in [0.29, 0.717) is 27.8 Å². The Morgan fingerprint density at radius 1 is 1.17 bits per heavy atom. The van der Waals surface area contributed by atoms with Crippen molar-refractivity contribution in [3.8, 4) is 5.75 Å².